The van der Waals surface area contributed by atoms with Crippen LogP contribution in [0.1, 0.15) is 30.4 Å². The standard InChI is InChI=1S/C16H17N7/c1-12-18-7-9-22(12)15-11-17-10-13(21-15)14-4-2-8-23(14)16-19-5-3-6-20-16/h3,5-7,9-11,14H,2,4,8H2,1H3/t14-/m0/s1. The normalized spacial score (nSPS) is 17.6. The summed E-state index contributed by atoms with van der Waals surface area (Å²) in [5.74, 6) is 2.44. The van der Waals surface area contributed by atoms with Crippen LogP contribution in [0.25, 0.3) is 5.82 Å². The molecule has 116 valence electrons. The Morgan fingerprint density at radius 2 is 1.96 bits per heavy atom. The second-order valence-corrected chi connectivity index (χ2v) is 5.55. The second-order valence-electron chi connectivity index (χ2n) is 5.55. The zero-order valence-electron chi connectivity index (χ0n) is 12.9. The van der Waals surface area contributed by atoms with E-state index in [1.54, 1.807) is 24.8 Å². The molecule has 1 fully saturated rings. The van der Waals surface area contributed by atoms with E-state index >= 15 is 0 Å². The fourth-order valence-corrected chi connectivity index (χ4v) is 3.02. The molecule has 1 saturated heterocycles. The molecule has 4 rings (SSSR count). The first-order chi connectivity index (χ1) is 11.3. The van der Waals surface area contributed by atoms with E-state index in [1.807, 2.05) is 30.0 Å². The summed E-state index contributed by atoms with van der Waals surface area (Å²) in [6, 6.07) is 1.99. The summed E-state index contributed by atoms with van der Waals surface area (Å²) in [6.45, 7) is 2.89. The number of aromatic nitrogens is 6. The molecular weight excluding hydrogens is 290 g/mol. The first-order valence-corrected chi connectivity index (χ1v) is 7.69. The van der Waals surface area contributed by atoms with Gasteiger partial charge in [0, 0.05) is 31.3 Å². The molecule has 0 bridgehead atoms. The maximum Gasteiger partial charge on any atom is 0.225 e. The van der Waals surface area contributed by atoms with Gasteiger partial charge in [0.25, 0.3) is 0 Å². The predicted molar refractivity (Wildman–Crippen MR) is 85.2 cm³/mol. The Balaban J connectivity index is 1.69. The van der Waals surface area contributed by atoms with Gasteiger partial charge in [0.15, 0.2) is 5.82 Å². The Bertz CT molecular complexity index is 799. The van der Waals surface area contributed by atoms with Crippen molar-refractivity contribution < 1.29 is 0 Å². The average molecular weight is 307 g/mol. The van der Waals surface area contributed by atoms with E-state index in [0.717, 1.165) is 42.7 Å². The summed E-state index contributed by atoms with van der Waals surface area (Å²) < 4.78 is 1.94. The summed E-state index contributed by atoms with van der Waals surface area (Å²) in [6.07, 6.45) is 12.9. The van der Waals surface area contributed by atoms with Crippen molar-refractivity contribution in [3.8, 4) is 5.82 Å². The first-order valence-electron chi connectivity index (χ1n) is 7.69. The lowest BCUT2D eigenvalue weighted by Gasteiger charge is -2.24. The number of nitrogens with zero attached hydrogens (tertiary/aromatic N) is 7. The van der Waals surface area contributed by atoms with Crippen molar-refractivity contribution in [3.63, 3.8) is 0 Å². The van der Waals surface area contributed by atoms with Crippen LogP contribution in [0.5, 0.6) is 0 Å². The Hall–Kier alpha value is -2.83. The van der Waals surface area contributed by atoms with Gasteiger partial charge in [0.1, 0.15) is 5.82 Å². The van der Waals surface area contributed by atoms with Gasteiger partial charge in [-0.05, 0) is 25.8 Å². The third-order valence-corrected chi connectivity index (χ3v) is 4.12. The molecule has 3 aromatic heterocycles. The summed E-state index contributed by atoms with van der Waals surface area (Å²) in [7, 11) is 0. The number of anilines is 1. The van der Waals surface area contributed by atoms with Crippen LogP contribution in [0.4, 0.5) is 5.95 Å². The SMILES string of the molecule is Cc1nccn1-c1cncc([C@@H]2CCCN2c2ncccn2)n1. The zero-order valence-corrected chi connectivity index (χ0v) is 12.9. The van der Waals surface area contributed by atoms with Gasteiger partial charge in [0.2, 0.25) is 5.95 Å². The molecule has 7 heteroatoms. The molecule has 0 amide bonds. The largest absolute Gasteiger partial charge is 0.332 e. The van der Waals surface area contributed by atoms with Gasteiger partial charge in [0.05, 0.1) is 24.1 Å². The lowest BCUT2D eigenvalue weighted by molar-refractivity contribution is 0.670. The average Bonchev–Trinajstić information content (AvgIpc) is 3.25. The molecule has 3 aromatic rings. The summed E-state index contributed by atoms with van der Waals surface area (Å²) in [5.41, 5.74) is 0.945. The molecule has 0 N–H and O–H groups in total. The van der Waals surface area contributed by atoms with Crippen molar-refractivity contribution in [1.82, 2.24) is 29.5 Å². The van der Waals surface area contributed by atoms with Gasteiger partial charge in [-0.25, -0.2) is 19.9 Å². The van der Waals surface area contributed by atoms with Crippen molar-refractivity contribution in [2.45, 2.75) is 25.8 Å². The molecule has 0 saturated carbocycles. The van der Waals surface area contributed by atoms with Gasteiger partial charge in [-0.1, -0.05) is 0 Å². The predicted octanol–water partition coefficient (Wildman–Crippen LogP) is 2.10. The van der Waals surface area contributed by atoms with E-state index < -0.39 is 0 Å². The van der Waals surface area contributed by atoms with Gasteiger partial charge in [-0.15, -0.1) is 0 Å². The lowest BCUT2D eigenvalue weighted by atomic mass is 10.1. The molecule has 0 radical (unpaired) electrons. The molecule has 0 aliphatic carbocycles. The number of aryl methyl sites for hydroxylation is 1. The summed E-state index contributed by atoms with van der Waals surface area (Å²) >= 11 is 0. The highest BCUT2D eigenvalue weighted by Crippen LogP contribution is 2.33. The van der Waals surface area contributed by atoms with Crippen LogP contribution in [-0.2, 0) is 0 Å². The van der Waals surface area contributed by atoms with Crippen LogP contribution >= 0.6 is 0 Å². The fraction of sp³-hybridized carbons (Fsp3) is 0.312. The third kappa shape index (κ3) is 2.54. The molecule has 1 atom stereocenters. The number of hydrogen-bond acceptors (Lipinski definition) is 6. The van der Waals surface area contributed by atoms with Crippen molar-refractivity contribution >= 4 is 5.95 Å². The summed E-state index contributed by atoms with van der Waals surface area (Å²) in [5, 5.41) is 0. The molecule has 1 aliphatic rings. The van der Waals surface area contributed by atoms with Crippen LogP contribution < -0.4 is 4.90 Å². The Morgan fingerprint density at radius 3 is 2.74 bits per heavy atom. The minimum atomic E-state index is 0.161. The fourth-order valence-electron chi connectivity index (χ4n) is 3.02. The Kier molecular flexibility index (Phi) is 3.45. The molecule has 1 aliphatic heterocycles. The van der Waals surface area contributed by atoms with Crippen molar-refractivity contribution in [2.24, 2.45) is 0 Å². The quantitative estimate of drug-likeness (QED) is 0.738. The van der Waals surface area contributed by atoms with E-state index in [0.29, 0.717) is 0 Å². The highest BCUT2D eigenvalue weighted by Gasteiger charge is 2.29. The first kappa shape index (κ1) is 13.8. The van der Waals surface area contributed by atoms with Crippen molar-refractivity contribution in [2.75, 3.05) is 11.4 Å². The van der Waals surface area contributed by atoms with E-state index in [-0.39, 0.29) is 6.04 Å². The monoisotopic (exact) mass is 307 g/mol. The molecule has 0 spiro atoms. The minimum Gasteiger partial charge on any atom is -0.332 e. The van der Waals surface area contributed by atoms with Gasteiger partial charge in [-0.3, -0.25) is 9.55 Å². The maximum absolute atomic E-state index is 4.80. The highest BCUT2D eigenvalue weighted by molar-refractivity contribution is 5.36. The highest BCUT2D eigenvalue weighted by atomic mass is 15.3. The van der Waals surface area contributed by atoms with Crippen molar-refractivity contribution in [1.29, 1.82) is 0 Å². The van der Waals surface area contributed by atoms with E-state index in [4.69, 9.17) is 4.98 Å². The molecular formula is C16H17N7. The Labute approximate surface area is 134 Å². The van der Waals surface area contributed by atoms with Gasteiger partial charge < -0.3 is 4.90 Å². The van der Waals surface area contributed by atoms with E-state index in [2.05, 4.69) is 24.8 Å². The van der Waals surface area contributed by atoms with Crippen molar-refractivity contribution in [3.05, 3.63) is 54.8 Å². The van der Waals surface area contributed by atoms with Crippen LogP contribution in [0.2, 0.25) is 0 Å². The van der Waals surface area contributed by atoms with Crippen LogP contribution in [0, 0.1) is 6.92 Å². The van der Waals surface area contributed by atoms with E-state index in [9.17, 15) is 0 Å². The third-order valence-electron chi connectivity index (χ3n) is 4.12. The van der Waals surface area contributed by atoms with Crippen LogP contribution in [-0.4, -0.2) is 36.0 Å². The number of hydrogen-bond donors (Lipinski definition) is 0. The van der Waals surface area contributed by atoms with Crippen LogP contribution in [0.15, 0.2) is 43.2 Å². The maximum atomic E-state index is 4.80. The Morgan fingerprint density at radius 1 is 1.09 bits per heavy atom. The van der Waals surface area contributed by atoms with Gasteiger partial charge >= 0.3 is 0 Å². The number of rotatable bonds is 3. The molecule has 0 aromatic carbocycles. The molecule has 0 unspecified atom stereocenters. The second kappa shape index (κ2) is 5.75. The topological polar surface area (TPSA) is 72.6 Å². The molecule has 4 heterocycles. The molecule has 23 heavy (non-hydrogen) atoms. The van der Waals surface area contributed by atoms with Crippen LogP contribution in [0.3, 0.4) is 0 Å². The smallest absolute Gasteiger partial charge is 0.225 e. The lowest BCUT2D eigenvalue weighted by Crippen LogP contribution is -2.25. The van der Waals surface area contributed by atoms with E-state index in [1.165, 1.54) is 0 Å². The summed E-state index contributed by atoms with van der Waals surface area (Å²) in [4.78, 5) is 24.4. The number of imidazole rings is 1. The zero-order chi connectivity index (χ0) is 15.6. The minimum absolute atomic E-state index is 0.161. The van der Waals surface area contributed by atoms with Gasteiger partial charge in [-0.2, -0.15) is 0 Å². The molecule has 7 nitrogen and oxygen atoms in total.